The van der Waals surface area contributed by atoms with Crippen LogP contribution in [0.4, 0.5) is 5.69 Å². The summed E-state index contributed by atoms with van der Waals surface area (Å²) in [6.07, 6.45) is 6.50. The molecule has 2 heterocycles. The minimum atomic E-state index is -0.453. The number of carbonyl (C=O) groups is 1. The van der Waals surface area contributed by atoms with Crippen molar-refractivity contribution in [1.82, 2.24) is 0 Å². The van der Waals surface area contributed by atoms with Crippen molar-refractivity contribution < 1.29 is 4.79 Å². The van der Waals surface area contributed by atoms with Gasteiger partial charge in [0.05, 0.1) is 0 Å². The van der Waals surface area contributed by atoms with Gasteiger partial charge in [0, 0.05) is 23.4 Å². The van der Waals surface area contributed by atoms with Gasteiger partial charge in [0.25, 0.3) is 0 Å². The Morgan fingerprint density at radius 3 is 3.00 bits per heavy atom. The third kappa shape index (κ3) is 2.95. The Kier molecular flexibility index (Phi) is 4.58. The van der Waals surface area contributed by atoms with E-state index >= 15 is 0 Å². The highest BCUT2D eigenvalue weighted by molar-refractivity contribution is 7.12. The summed E-state index contributed by atoms with van der Waals surface area (Å²) in [6, 6.07) is 12.7. The van der Waals surface area contributed by atoms with Crippen molar-refractivity contribution in [3.05, 3.63) is 51.2 Å². The van der Waals surface area contributed by atoms with Crippen LogP contribution < -0.4 is 5.32 Å². The second-order valence-corrected chi connectivity index (χ2v) is 8.70. The number of Topliss-reactive ketones (excluding diaryl/α,β-unsaturated/α-hetero) is 1. The maximum atomic E-state index is 12.9. The number of anilines is 1. The average Bonchev–Trinajstić information content (AvgIpc) is 3.23. The second-order valence-electron chi connectivity index (χ2n) is 7.62. The lowest BCUT2D eigenvalue weighted by molar-refractivity contribution is -0.125. The van der Waals surface area contributed by atoms with Gasteiger partial charge < -0.3 is 5.32 Å². The number of carbonyl (C=O) groups excluding carboxylic acids is 1. The van der Waals surface area contributed by atoms with Gasteiger partial charge in [0.15, 0.2) is 5.78 Å². The van der Waals surface area contributed by atoms with Crippen LogP contribution in [-0.2, 0) is 17.6 Å². The standard InChI is InChI=1S/C22H24N2OS/c1-2-3-6-15-11-18(14-23)26-21(15)17-9-10-20(25)22(13-17)12-16-7-4-5-8-19(16)24-22/h4-5,7-8,11,17,24H,2-3,6,9-10,12-13H2,1H3. The van der Waals surface area contributed by atoms with Crippen LogP contribution in [0, 0.1) is 11.3 Å². The predicted molar refractivity (Wildman–Crippen MR) is 106 cm³/mol. The number of nitriles is 1. The minimum absolute atomic E-state index is 0.345. The molecule has 0 amide bonds. The van der Waals surface area contributed by atoms with E-state index in [2.05, 4.69) is 36.5 Å². The molecule has 2 aliphatic rings. The third-order valence-electron chi connectivity index (χ3n) is 5.85. The fourth-order valence-corrected chi connectivity index (χ4v) is 5.67. The fraction of sp³-hybridized carbons (Fsp3) is 0.455. The van der Waals surface area contributed by atoms with Gasteiger partial charge >= 0.3 is 0 Å². The molecular formula is C22H24N2OS. The summed E-state index contributed by atoms with van der Waals surface area (Å²) in [4.78, 5) is 15.0. The topological polar surface area (TPSA) is 52.9 Å². The van der Waals surface area contributed by atoms with Gasteiger partial charge in [-0.1, -0.05) is 31.5 Å². The summed E-state index contributed by atoms with van der Waals surface area (Å²) >= 11 is 1.64. The van der Waals surface area contributed by atoms with Gasteiger partial charge in [-0.05, 0) is 54.9 Å². The first kappa shape index (κ1) is 17.3. The Labute approximate surface area is 159 Å². The quantitative estimate of drug-likeness (QED) is 0.810. The zero-order chi connectivity index (χ0) is 18.1. The average molecular weight is 365 g/mol. The molecule has 2 aromatic rings. The van der Waals surface area contributed by atoms with Crippen LogP contribution in [-0.4, -0.2) is 11.3 Å². The number of benzene rings is 1. The number of fused-ring (bicyclic) bond motifs is 1. The maximum Gasteiger partial charge on any atom is 0.158 e. The first-order chi connectivity index (χ1) is 12.6. The molecule has 0 radical (unpaired) electrons. The monoisotopic (exact) mass is 364 g/mol. The number of unbranched alkanes of at least 4 members (excludes halogenated alkanes) is 1. The van der Waals surface area contributed by atoms with Crippen molar-refractivity contribution in [3.8, 4) is 6.07 Å². The SMILES string of the molecule is CCCCc1cc(C#N)sc1C1CCC(=O)C2(Cc3ccccc3N2)C1. The molecular weight excluding hydrogens is 340 g/mol. The number of nitrogens with zero attached hydrogens (tertiary/aromatic N) is 1. The molecule has 1 N–H and O–H groups in total. The second kappa shape index (κ2) is 6.89. The fourth-order valence-electron chi connectivity index (χ4n) is 4.53. The van der Waals surface area contributed by atoms with Crippen molar-refractivity contribution in [1.29, 1.82) is 5.26 Å². The van der Waals surface area contributed by atoms with Gasteiger partial charge in [0.2, 0.25) is 0 Å². The maximum absolute atomic E-state index is 12.9. The van der Waals surface area contributed by atoms with Crippen LogP contribution in [0.25, 0.3) is 0 Å². The van der Waals surface area contributed by atoms with E-state index in [0.29, 0.717) is 18.1 Å². The molecule has 1 aromatic carbocycles. The van der Waals surface area contributed by atoms with E-state index in [0.717, 1.165) is 49.1 Å². The largest absolute Gasteiger partial charge is 0.372 e. The van der Waals surface area contributed by atoms with Gasteiger partial charge in [-0.2, -0.15) is 5.26 Å². The molecule has 1 aliphatic carbocycles. The molecule has 2 atom stereocenters. The highest BCUT2D eigenvalue weighted by Crippen LogP contribution is 2.47. The molecule has 1 fully saturated rings. The number of hydrogen-bond donors (Lipinski definition) is 1. The Hall–Kier alpha value is -2.12. The van der Waals surface area contributed by atoms with Crippen LogP contribution in [0.2, 0.25) is 0 Å². The van der Waals surface area contributed by atoms with Crippen molar-refractivity contribution in [2.24, 2.45) is 0 Å². The first-order valence-electron chi connectivity index (χ1n) is 9.57. The van der Waals surface area contributed by atoms with Crippen LogP contribution in [0.5, 0.6) is 0 Å². The summed E-state index contributed by atoms with van der Waals surface area (Å²) in [5.74, 6) is 0.714. The lowest BCUT2D eigenvalue weighted by Gasteiger charge is -2.37. The number of thiophene rings is 1. The summed E-state index contributed by atoms with van der Waals surface area (Å²) in [5, 5.41) is 12.9. The minimum Gasteiger partial charge on any atom is -0.372 e. The molecule has 4 heteroatoms. The Morgan fingerprint density at radius 2 is 2.23 bits per heavy atom. The summed E-state index contributed by atoms with van der Waals surface area (Å²) in [7, 11) is 0. The molecule has 2 unspecified atom stereocenters. The molecule has 0 saturated heterocycles. The van der Waals surface area contributed by atoms with Crippen LogP contribution in [0.1, 0.15) is 65.8 Å². The van der Waals surface area contributed by atoms with E-state index in [4.69, 9.17) is 0 Å². The summed E-state index contributed by atoms with van der Waals surface area (Å²) in [5.41, 5.74) is 3.23. The Morgan fingerprint density at radius 1 is 1.38 bits per heavy atom. The van der Waals surface area contributed by atoms with Crippen molar-refractivity contribution in [2.75, 3.05) is 5.32 Å². The van der Waals surface area contributed by atoms with E-state index in [-0.39, 0.29) is 0 Å². The van der Waals surface area contributed by atoms with Gasteiger partial charge in [-0.25, -0.2) is 0 Å². The molecule has 1 saturated carbocycles. The summed E-state index contributed by atoms with van der Waals surface area (Å²) < 4.78 is 0. The van der Waals surface area contributed by atoms with Gasteiger partial charge in [-0.15, -0.1) is 11.3 Å². The number of ketones is 1. The van der Waals surface area contributed by atoms with Gasteiger partial charge in [0.1, 0.15) is 16.5 Å². The number of para-hydroxylation sites is 1. The highest BCUT2D eigenvalue weighted by Gasteiger charge is 2.47. The van der Waals surface area contributed by atoms with E-state index < -0.39 is 5.54 Å². The Balaban J connectivity index is 1.63. The zero-order valence-electron chi connectivity index (χ0n) is 15.2. The van der Waals surface area contributed by atoms with Crippen molar-refractivity contribution in [3.63, 3.8) is 0 Å². The molecule has 3 nitrogen and oxygen atoms in total. The van der Waals surface area contributed by atoms with E-state index in [1.807, 2.05) is 12.1 Å². The molecule has 1 aromatic heterocycles. The van der Waals surface area contributed by atoms with Crippen LogP contribution in [0.3, 0.4) is 0 Å². The van der Waals surface area contributed by atoms with Crippen LogP contribution >= 0.6 is 11.3 Å². The van der Waals surface area contributed by atoms with E-state index in [1.54, 1.807) is 11.3 Å². The first-order valence-corrected chi connectivity index (χ1v) is 10.4. The van der Waals surface area contributed by atoms with Gasteiger partial charge in [-0.3, -0.25) is 4.79 Å². The predicted octanol–water partition coefficient (Wildman–Crippen LogP) is 5.21. The zero-order valence-corrected chi connectivity index (χ0v) is 16.0. The molecule has 1 aliphatic heterocycles. The van der Waals surface area contributed by atoms with E-state index in [9.17, 15) is 10.1 Å². The normalized spacial score (nSPS) is 24.3. The smallest absolute Gasteiger partial charge is 0.158 e. The highest BCUT2D eigenvalue weighted by atomic mass is 32.1. The molecule has 26 heavy (non-hydrogen) atoms. The lowest BCUT2D eigenvalue weighted by atomic mass is 9.72. The van der Waals surface area contributed by atoms with E-state index in [1.165, 1.54) is 16.0 Å². The Bertz CT molecular complexity index is 852. The number of aryl methyl sites for hydroxylation is 1. The third-order valence-corrected chi connectivity index (χ3v) is 7.10. The number of nitrogens with one attached hydrogen (secondary N) is 1. The number of hydrogen-bond acceptors (Lipinski definition) is 4. The lowest BCUT2D eigenvalue weighted by Crippen LogP contribution is -2.48. The van der Waals surface area contributed by atoms with Crippen molar-refractivity contribution in [2.45, 2.75) is 63.3 Å². The van der Waals surface area contributed by atoms with Crippen LogP contribution in [0.15, 0.2) is 30.3 Å². The summed E-state index contributed by atoms with van der Waals surface area (Å²) in [6.45, 7) is 2.20. The molecule has 1 spiro atoms. The van der Waals surface area contributed by atoms with Crippen molar-refractivity contribution >= 4 is 22.8 Å². The molecule has 0 bridgehead atoms. The number of rotatable bonds is 4. The molecule has 4 rings (SSSR count). The molecule has 134 valence electrons.